The zero-order valence-corrected chi connectivity index (χ0v) is 22.7. The summed E-state index contributed by atoms with van der Waals surface area (Å²) in [7, 11) is 0. The van der Waals surface area contributed by atoms with E-state index < -0.39 is 11.5 Å². The third kappa shape index (κ3) is 4.78. The summed E-state index contributed by atoms with van der Waals surface area (Å²) in [5.74, 6) is -0.201. The molecule has 1 unspecified atom stereocenters. The number of carbonyl (C=O) groups is 1. The highest BCUT2D eigenvalue weighted by atomic mass is 35.5. The molecular weight excluding hydrogens is 519 g/mol. The molecule has 1 fully saturated rings. The Hall–Kier alpha value is -4.11. The van der Waals surface area contributed by atoms with E-state index in [9.17, 15) is 14.0 Å². The fraction of sp³-hybridized carbons (Fsp3) is 0.276. The third-order valence-electron chi connectivity index (χ3n) is 6.92. The number of nitrogens with zero attached hydrogens (tertiary/aromatic N) is 6. The number of fused-ring (bicyclic) bond motifs is 1. The molecule has 0 bridgehead atoms. The van der Waals surface area contributed by atoms with Crippen LogP contribution < -0.4 is 10.6 Å². The number of hydrogen-bond acceptors (Lipinski definition) is 6. The lowest BCUT2D eigenvalue weighted by Gasteiger charge is -2.40. The van der Waals surface area contributed by atoms with Gasteiger partial charge in [-0.25, -0.2) is 18.7 Å². The zero-order chi connectivity index (χ0) is 27.8. The second-order valence-corrected chi connectivity index (χ2v) is 10.2. The highest BCUT2D eigenvalue weighted by Gasteiger charge is 2.30. The van der Waals surface area contributed by atoms with Gasteiger partial charge in [0.15, 0.2) is 5.65 Å². The summed E-state index contributed by atoms with van der Waals surface area (Å²) in [6, 6.07) is 11.3. The largest absolute Gasteiger partial charge is 0.355 e. The summed E-state index contributed by atoms with van der Waals surface area (Å²) in [6.07, 6.45) is 2.97. The molecule has 4 heterocycles. The van der Waals surface area contributed by atoms with Crippen LogP contribution in [0.5, 0.6) is 0 Å². The van der Waals surface area contributed by atoms with Crippen molar-refractivity contribution in [2.24, 2.45) is 0 Å². The molecule has 0 saturated carbocycles. The molecule has 1 aromatic carbocycles. The molecule has 1 amide bonds. The second kappa shape index (κ2) is 10.6. The average molecular weight is 547 g/mol. The van der Waals surface area contributed by atoms with Crippen molar-refractivity contribution in [3.63, 3.8) is 0 Å². The van der Waals surface area contributed by atoms with E-state index in [4.69, 9.17) is 16.6 Å². The van der Waals surface area contributed by atoms with Crippen LogP contribution in [0, 0.1) is 5.82 Å². The maximum Gasteiger partial charge on any atom is 0.355 e. The monoisotopic (exact) mass is 546 g/mol. The summed E-state index contributed by atoms with van der Waals surface area (Å²) < 4.78 is 16.3. The van der Waals surface area contributed by atoms with Crippen molar-refractivity contribution in [1.82, 2.24) is 24.4 Å². The van der Waals surface area contributed by atoms with E-state index in [2.05, 4.69) is 16.5 Å². The van der Waals surface area contributed by atoms with Gasteiger partial charge in [0.25, 0.3) is 0 Å². The molecule has 1 aliphatic heterocycles. The minimum absolute atomic E-state index is 0.0108. The third-order valence-corrected chi connectivity index (χ3v) is 7.21. The Kier molecular flexibility index (Phi) is 7.18. The first-order valence-corrected chi connectivity index (χ1v) is 13.1. The number of benzene rings is 1. The molecule has 10 heteroatoms. The Morgan fingerprint density at radius 1 is 1.18 bits per heavy atom. The molecule has 0 spiro atoms. The second-order valence-electron chi connectivity index (χ2n) is 9.82. The number of halogens is 2. The standard InChI is InChI=1S/C29H28ClFN6O2/c1-5-24(38)35-13-14-36(18(4)16-35)27-20-15-21(30)26(19-9-6-7-10-22(19)31)33-28(20)37(29(39)34-27)23-11-8-12-32-25(23)17(2)3/h5-12,15,17-18H,1,13-14,16H2,2-4H3. The number of piperazine rings is 1. The normalized spacial score (nSPS) is 15.7. The van der Waals surface area contributed by atoms with Crippen LogP contribution in [0.2, 0.25) is 5.02 Å². The van der Waals surface area contributed by atoms with Crippen molar-refractivity contribution < 1.29 is 9.18 Å². The molecule has 0 N–H and O–H groups in total. The molecule has 5 rings (SSSR count). The van der Waals surface area contributed by atoms with Crippen molar-refractivity contribution in [3.8, 4) is 16.9 Å². The van der Waals surface area contributed by atoms with Gasteiger partial charge in [-0.05, 0) is 49.2 Å². The van der Waals surface area contributed by atoms with Crippen LogP contribution in [0.4, 0.5) is 10.2 Å². The number of aromatic nitrogens is 4. The maximum atomic E-state index is 14.8. The SMILES string of the molecule is C=CC(=O)N1CCN(c2nc(=O)n(-c3cccnc3C(C)C)c3nc(-c4ccccc4F)c(Cl)cc23)C(C)C1. The van der Waals surface area contributed by atoms with Gasteiger partial charge >= 0.3 is 5.69 Å². The van der Waals surface area contributed by atoms with Gasteiger partial charge in [-0.2, -0.15) is 4.98 Å². The number of rotatable bonds is 5. The number of anilines is 1. The lowest BCUT2D eigenvalue weighted by atomic mass is 10.1. The Morgan fingerprint density at radius 2 is 1.95 bits per heavy atom. The zero-order valence-electron chi connectivity index (χ0n) is 21.9. The van der Waals surface area contributed by atoms with Crippen molar-refractivity contribution in [1.29, 1.82) is 0 Å². The number of carbonyl (C=O) groups excluding carboxylic acids is 1. The van der Waals surface area contributed by atoms with Crippen molar-refractivity contribution >= 4 is 34.4 Å². The van der Waals surface area contributed by atoms with Gasteiger partial charge in [0.1, 0.15) is 11.6 Å². The molecule has 1 atom stereocenters. The number of hydrogen-bond donors (Lipinski definition) is 0. The molecule has 8 nitrogen and oxygen atoms in total. The van der Waals surface area contributed by atoms with Gasteiger partial charge in [-0.1, -0.05) is 44.2 Å². The first kappa shape index (κ1) is 26.5. The summed E-state index contributed by atoms with van der Waals surface area (Å²) in [6.45, 7) is 10.8. The van der Waals surface area contributed by atoms with E-state index in [0.717, 1.165) is 0 Å². The Morgan fingerprint density at radius 3 is 2.64 bits per heavy atom. The highest BCUT2D eigenvalue weighted by molar-refractivity contribution is 6.33. The number of amides is 1. The van der Waals surface area contributed by atoms with Crippen LogP contribution in [0.1, 0.15) is 32.4 Å². The molecule has 4 aromatic rings. The molecule has 3 aromatic heterocycles. The lowest BCUT2D eigenvalue weighted by Crippen LogP contribution is -2.54. The minimum atomic E-state index is -0.543. The van der Waals surface area contributed by atoms with E-state index in [-0.39, 0.29) is 34.1 Å². The molecule has 200 valence electrons. The summed E-state index contributed by atoms with van der Waals surface area (Å²) >= 11 is 6.72. The van der Waals surface area contributed by atoms with E-state index in [1.807, 2.05) is 25.7 Å². The quantitative estimate of drug-likeness (QED) is 0.328. The smallest absolute Gasteiger partial charge is 0.350 e. The highest BCUT2D eigenvalue weighted by Crippen LogP contribution is 2.35. The van der Waals surface area contributed by atoms with Gasteiger partial charge in [-0.15, -0.1) is 0 Å². The van der Waals surface area contributed by atoms with Crippen LogP contribution in [0.25, 0.3) is 28.0 Å². The number of pyridine rings is 2. The van der Waals surface area contributed by atoms with Gasteiger partial charge in [0.2, 0.25) is 5.91 Å². The predicted octanol–water partition coefficient (Wildman–Crippen LogP) is 4.98. The molecule has 1 saturated heterocycles. The molecule has 1 aliphatic rings. The van der Waals surface area contributed by atoms with Gasteiger partial charge < -0.3 is 9.80 Å². The van der Waals surface area contributed by atoms with Crippen molar-refractivity contribution in [2.45, 2.75) is 32.7 Å². The summed E-state index contributed by atoms with van der Waals surface area (Å²) in [4.78, 5) is 43.5. The first-order chi connectivity index (χ1) is 18.7. The molecule has 0 aliphatic carbocycles. The first-order valence-electron chi connectivity index (χ1n) is 12.7. The Bertz CT molecular complexity index is 1650. The molecule has 0 radical (unpaired) electrons. The van der Waals surface area contributed by atoms with E-state index in [1.165, 1.54) is 16.7 Å². The van der Waals surface area contributed by atoms with Crippen molar-refractivity contribution in [3.05, 3.63) is 88.3 Å². The lowest BCUT2D eigenvalue weighted by molar-refractivity contribution is -0.126. The van der Waals surface area contributed by atoms with E-state index in [0.29, 0.717) is 47.9 Å². The fourth-order valence-corrected chi connectivity index (χ4v) is 5.28. The van der Waals surface area contributed by atoms with Gasteiger partial charge in [0.05, 0.1) is 27.5 Å². The van der Waals surface area contributed by atoms with Gasteiger partial charge in [-0.3, -0.25) is 9.78 Å². The summed E-state index contributed by atoms with van der Waals surface area (Å²) in [5, 5.41) is 0.762. The molecular formula is C29H28ClFN6O2. The van der Waals surface area contributed by atoms with E-state index in [1.54, 1.807) is 47.5 Å². The average Bonchev–Trinajstić information content (AvgIpc) is 2.92. The summed E-state index contributed by atoms with van der Waals surface area (Å²) in [5.41, 5.74) is 1.44. The van der Waals surface area contributed by atoms with Crippen LogP contribution in [-0.2, 0) is 4.79 Å². The molecule has 39 heavy (non-hydrogen) atoms. The maximum absolute atomic E-state index is 14.8. The van der Waals surface area contributed by atoms with Crippen molar-refractivity contribution in [2.75, 3.05) is 24.5 Å². The van der Waals surface area contributed by atoms with Crippen LogP contribution in [-0.4, -0.2) is 56.0 Å². The topological polar surface area (TPSA) is 84.2 Å². The Balaban J connectivity index is 1.78. The van der Waals surface area contributed by atoms with E-state index >= 15 is 0 Å². The van der Waals surface area contributed by atoms with Gasteiger partial charge in [0, 0.05) is 37.4 Å². The van der Waals surface area contributed by atoms with Crippen LogP contribution in [0.3, 0.4) is 0 Å². The minimum Gasteiger partial charge on any atom is -0.350 e. The predicted molar refractivity (Wildman–Crippen MR) is 151 cm³/mol. The van der Waals surface area contributed by atoms with Crippen LogP contribution in [0.15, 0.2) is 66.1 Å². The fourth-order valence-electron chi connectivity index (χ4n) is 5.03. The Labute approximate surface area is 230 Å². The van der Waals surface area contributed by atoms with Crippen LogP contribution >= 0.6 is 11.6 Å².